The molecule has 6 nitrogen and oxygen atoms in total. The van der Waals surface area contributed by atoms with Gasteiger partial charge in [-0.3, -0.25) is 4.98 Å². The molecule has 2 aromatic heterocycles. The molecule has 6 heteroatoms. The number of hydrogen-bond acceptors (Lipinski definition) is 6. The van der Waals surface area contributed by atoms with Crippen LogP contribution in [0.4, 0.5) is 0 Å². The summed E-state index contributed by atoms with van der Waals surface area (Å²) >= 11 is 0. The smallest absolute Gasteiger partial charge is 0.131 e. The van der Waals surface area contributed by atoms with Gasteiger partial charge in [0, 0.05) is 29.6 Å². The molecule has 0 aliphatic rings. The van der Waals surface area contributed by atoms with Gasteiger partial charge in [0.05, 0.1) is 17.4 Å². The van der Waals surface area contributed by atoms with Crippen molar-refractivity contribution in [3.63, 3.8) is 0 Å². The number of rotatable bonds is 7. The monoisotopic (exact) mass is 338 g/mol. The van der Waals surface area contributed by atoms with Gasteiger partial charge in [-0.2, -0.15) is 0 Å². The van der Waals surface area contributed by atoms with Gasteiger partial charge in [-0.25, -0.2) is 4.98 Å². The molecular formula is C19H22N4O2. The van der Waals surface area contributed by atoms with Crippen LogP contribution < -0.4 is 4.74 Å². The Labute approximate surface area is 146 Å². The van der Waals surface area contributed by atoms with Crippen LogP contribution in [0.5, 0.6) is 5.75 Å². The summed E-state index contributed by atoms with van der Waals surface area (Å²) in [6.45, 7) is 7.70. The highest BCUT2D eigenvalue weighted by Crippen LogP contribution is 2.30. The van der Waals surface area contributed by atoms with Gasteiger partial charge in [0.1, 0.15) is 17.9 Å². The van der Waals surface area contributed by atoms with Crippen LogP contribution in [-0.4, -0.2) is 52.5 Å². The molecule has 0 aliphatic carbocycles. The van der Waals surface area contributed by atoms with Gasteiger partial charge in [-0.05, 0) is 25.2 Å². The molecule has 0 bridgehead atoms. The van der Waals surface area contributed by atoms with Crippen molar-refractivity contribution in [2.24, 2.45) is 5.16 Å². The first-order valence-corrected chi connectivity index (χ1v) is 8.47. The van der Waals surface area contributed by atoms with Crippen LogP contribution in [0, 0.1) is 0 Å². The van der Waals surface area contributed by atoms with E-state index in [-0.39, 0.29) is 0 Å². The number of fused-ring (bicyclic) bond motifs is 3. The molecule has 0 saturated carbocycles. The third kappa shape index (κ3) is 3.69. The van der Waals surface area contributed by atoms with E-state index in [9.17, 15) is 0 Å². The van der Waals surface area contributed by atoms with E-state index >= 15 is 0 Å². The largest absolute Gasteiger partial charge is 0.491 e. The Hall–Kier alpha value is -2.73. The van der Waals surface area contributed by atoms with E-state index in [2.05, 4.69) is 33.9 Å². The number of likely N-dealkylation sites (N-methyl/N-ethyl adjacent to an activating group) is 1. The van der Waals surface area contributed by atoms with Crippen LogP contribution in [0.15, 0.2) is 41.7 Å². The summed E-state index contributed by atoms with van der Waals surface area (Å²) in [5, 5.41) is 13.9. The summed E-state index contributed by atoms with van der Waals surface area (Å²) in [5.74, 6) is 0.722. The maximum absolute atomic E-state index is 8.87. The number of hydrogen-bond donors (Lipinski definition) is 1. The molecule has 0 unspecified atom stereocenters. The molecule has 0 amide bonds. The zero-order chi connectivity index (χ0) is 17.6. The van der Waals surface area contributed by atoms with Crippen LogP contribution in [0.2, 0.25) is 0 Å². The Balaban J connectivity index is 2.02. The minimum absolute atomic E-state index is 0.533. The van der Waals surface area contributed by atoms with Gasteiger partial charge in [-0.1, -0.05) is 31.1 Å². The van der Waals surface area contributed by atoms with E-state index in [1.165, 1.54) is 6.21 Å². The van der Waals surface area contributed by atoms with Crippen LogP contribution in [-0.2, 0) is 0 Å². The Morgan fingerprint density at radius 2 is 2.04 bits per heavy atom. The molecule has 25 heavy (non-hydrogen) atoms. The second-order valence-corrected chi connectivity index (χ2v) is 5.70. The highest BCUT2D eigenvalue weighted by atomic mass is 16.5. The predicted molar refractivity (Wildman–Crippen MR) is 99.7 cm³/mol. The molecular weight excluding hydrogens is 316 g/mol. The fourth-order valence-electron chi connectivity index (χ4n) is 2.88. The van der Waals surface area contributed by atoms with Gasteiger partial charge in [0.15, 0.2) is 0 Å². The molecule has 1 aromatic carbocycles. The van der Waals surface area contributed by atoms with Crippen molar-refractivity contribution in [2.45, 2.75) is 13.8 Å². The summed E-state index contributed by atoms with van der Waals surface area (Å²) in [7, 11) is 0. The summed E-state index contributed by atoms with van der Waals surface area (Å²) < 4.78 is 6.04. The van der Waals surface area contributed by atoms with E-state index in [0.717, 1.165) is 47.2 Å². The second kappa shape index (κ2) is 7.90. The standard InChI is InChI=1S/C19H22N4O2/c1-3-23(4-2)10-11-25-17-12-15(13-21-24)22-19-16(17)8-7-14-6-5-9-20-18(14)19/h5-9,12-13,24H,3-4,10-11H2,1-2H3/b21-13+. The number of oxime groups is 1. The van der Waals surface area contributed by atoms with Crippen LogP contribution >= 0.6 is 0 Å². The second-order valence-electron chi connectivity index (χ2n) is 5.70. The third-order valence-corrected chi connectivity index (χ3v) is 4.28. The quantitative estimate of drug-likeness (QED) is 0.310. The summed E-state index contributed by atoms with van der Waals surface area (Å²) in [5.41, 5.74) is 2.08. The zero-order valence-electron chi connectivity index (χ0n) is 14.5. The minimum Gasteiger partial charge on any atom is -0.491 e. The summed E-state index contributed by atoms with van der Waals surface area (Å²) in [4.78, 5) is 11.3. The molecule has 0 fully saturated rings. The molecule has 1 N–H and O–H groups in total. The molecule has 3 rings (SSSR count). The maximum atomic E-state index is 8.87. The molecule has 0 radical (unpaired) electrons. The Kier molecular flexibility index (Phi) is 5.40. The van der Waals surface area contributed by atoms with E-state index in [1.807, 2.05) is 24.3 Å². The normalized spacial score (nSPS) is 11.8. The van der Waals surface area contributed by atoms with Crippen LogP contribution in [0.1, 0.15) is 19.5 Å². The van der Waals surface area contributed by atoms with Gasteiger partial charge < -0.3 is 14.8 Å². The summed E-state index contributed by atoms with van der Waals surface area (Å²) in [6.07, 6.45) is 3.05. The third-order valence-electron chi connectivity index (χ3n) is 4.28. The van der Waals surface area contributed by atoms with Crippen molar-refractivity contribution >= 4 is 28.0 Å². The molecule has 0 saturated heterocycles. The molecule has 130 valence electrons. The first-order valence-electron chi connectivity index (χ1n) is 8.47. The molecule has 3 aromatic rings. The first-order chi connectivity index (χ1) is 12.3. The van der Waals surface area contributed by atoms with Crippen molar-refractivity contribution in [1.82, 2.24) is 14.9 Å². The van der Waals surface area contributed by atoms with E-state index in [1.54, 1.807) is 12.3 Å². The molecule has 0 spiro atoms. The van der Waals surface area contributed by atoms with Gasteiger partial charge >= 0.3 is 0 Å². The number of aromatic nitrogens is 2. The van der Waals surface area contributed by atoms with Crippen molar-refractivity contribution in [3.05, 3.63) is 42.2 Å². The number of ether oxygens (including phenoxy) is 1. The Morgan fingerprint density at radius 3 is 2.80 bits per heavy atom. The van der Waals surface area contributed by atoms with Gasteiger partial charge in [0.25, 0.3) is 0 Å². The van der Waals surface area contributed by atoms with E-state index in [0.29, 0.717) is 12.3 Å². The number of pyridine rings is 2. The number of nitrogens with zero attached hydrogens (tertiary/aromatic N) is 4. The lowest BCUT2D eigenvalue weighted by atomic mass is 10.1. The summed E-state index contributed by atoms with van der Waals surface area (Å²) in [6, 6.07) is 9.70. The predicted octanol–water partition coefficient (Wildman–Crippen LogP) is 3.31. The first kappa shape index (κ1) is 17.1. The number of benzene rings is 1. The van der Waals surface area contributed by atoms with Crippen LogP contribution in [0.25, 0.3) is 21.8 Å². The average Bonchev–Trinajstić information content (AvgIpc) is 2.65. The molecule has 2 heterocycles. The Bertz CT molecular complexity index is 891. The highest BCUT2D eigenvalue weighted by molar-refractivity contribution is 6.05. The van der Waals surface area contributed by atoms with Gasteiger partial charge in [0.2, 0.25) is 0 Å². The van der Waals surface area contributed by atoms with E-state index < -0.39 is 0 Å². The fourth-order valence-corrected chi connectivity index (χ4v) is 2.88. The lowest BCUT2D eigenvalue weighted by Crippen LogP contribution is -2.27. The lowest BCUT2D eigenvalue weighted by molar-refractivity contribution is 0.224. The van der Waals surface area contributed by atoms with Gasteiger partial charge in [-0.15, -0.1) is 0 Å². The lowest BCUT2D eigenvalue weighted by Gasteiger charge is -2.18. The van der Waals surface area contributed by atoms with Crippen molar-refractivity contribution in [2.75, 3.05) is 26.2 Å². The minimum atomic E-state index is 0.533. The van der Waals surface area contributed by atoms with Crippen molar-refractivity contribution < 1.29 is 9.94 Å². The van der Waals surface area contributed by atoms with Crippen molar-refractivity contribution in [1.29, 1.82) is 0 Å². The maximum Gasteiger partial charge on any atom is 0.131 e. The topological polar surface area (TPSA) is 70.8 Å². The average molecular weight is 338 g/mol. The zero-order valence-corrected chi connectivity index (χ0v) is 14.5. The molecule has 0 atom stereocenters. The Morgan fingerprint density at radius 1 is 1.20 bits per heavy atom. The fraction of sp³-hybridized carbons (Fsp3) is 0.316. The molecule has 0 aliphatic heterocycles. The van der Waals surface area contributed by atoms with Crippen LogP contribution in [0.3, 0.4) is 0 Å². The van der Waals surface area contributed by atoms with E-state index in [4.69, 9.17) is 9.94 Å². The van der Waals surface area contributed by atoms with Crippen molar-refractivity contribution in [3.8, 4) is 5.75 Å². The highest BCUT2D eigenvalue weighted by Gasteiger charge is 2.11. The SMILES string of the molecule is CCN(CC)CCOc1cc(/C=N/O)nc2c1ccc1cccnc12.